The van der Waals surface area contributed by atoms with Crippen molar-refractivity contribution in [2.24, 2.45) is 0 Å². The molecule has 37 heavy (non-hydrogen) atoms. The molecule has 6 nitrogen and oxygen atoms in total. The van der Waals surface area contributed by atoms with E-state index in [4.69, 9.17) is 18.9 Å². The van der Waals surface area contributed by atoms with Crippen LogP contribution in [0.5, 0.6) is 0 Å². The van der Waals surface area contributed by atoms with Gasteiger partial charge in [-0.1, -0.05) is 103 Å². The van der Waals surface area contributed by atoms with Crippen LogP contribution >= 0.6 is 0 Å². The molecule has 0 aliphatic carbocycles. The van der Waals surface area contributed by atoms with E-state index in [0.717, 1.165) is 16.7 Å². The lowest BCUT2D eigenvalue weighted by Crippen LogP contribution is -2.58. The van der Waals surface area contributed by atoms with Crippen LogP contribution in [0.2, 0.25) is 0 Å². The molecule has 196 valence electrons. The molecule has 7 heteroatoms. The topological polar surface area (TPSA) is 71.1 Å². The third-order valence-corrected chi connectivity index (χ3v) is 8.07. The second-order valence-electron chi connectivity index (χ2n) is 9.32. The first-order chi connectivity index (χ1) is 17.9. The minimum Gasteiger partial charge on any atom is -0.368 e. The van der Waals surface area contributed by atoms with Crippen molar-refractivity contribution in [1.29, 1.82) is 0 Å². The SMILES string of the molecule is C=C(C)CS(=O)(=O)C1OC[C@@H](OCc2ccccc2)[C@@H](OCc2ccccc2)[C@@H]1OCc1ccccc1. The Bertz CT molecular complexity index is 1210. The summed E-state index contributed by atoms with van der Waals surface area (Å²) in [5.74, 6) is -0.191. The fourth-order valence-corrected chi connectivity index (χ4v) is 6.09. The van der Waals surface area contributed by atoms with Crippen molar-refractivity contribution in [3.05, 3.63) is 120 Å². The van der Waals surface area contributed by atoms with Crippen molar-refractivity contribution >= 4 is 9.84 Å². The van der Waals surface area contributed by atoms with E-state index in [9.17, 15) is 8.42 Å². The summed E-state index contributed by atoms with van der Waals surface area (Å²) in [5, 5.41) is 0. The van der Waals surface area contributed by atoms with E-state index < -0.39 is 33.6 Å². The molecule has 3 aromatic rings. The summed E-state index contributed by atoms with van der Waals surface area (Å²) in [4.78, 5) is 0. The Hall–Kier alpha value is -2.81. The lowest BCUT2D eigenvalue weighted by Gasteiger charge is -2.41. The smallest absolute Gasteiger partial charge is 0.187 e. The number of rotatable bonds is 12. The molecule has 1 aliphatic heterocycles. The van der Waals surface area contributed by atoms with E-state index in [-0.39, 0.29) is 25.6 Å². The van der Waals surface area contributed by atoms with E-state index in [0.29, 0.717) is 12.2 Å². The van der Waals surface area contributed by atoms with Gasteiger partial charge in [-0.25, -0.2) is 8.42 Å². The van der Waals surface area contributed by atoms with Gasteiger partial charge in [0.15, 0.2) is 15.3 Å². The minimum absolute atomic E-state index is 0.0670. The van der Waals surface area contributed by atoms with Crippen molar-refractivity contribution in [2.45, 2.75) is 50.5 Å². The molecule has 0 saturated carbocycles. The van der Waals surface area contributed by atoms with Gasteiger partial charge in [-0.2, -0.15) is 0 Å². The Balaban J connectivity index is 1.61. The van der Waals surface area contributed by atoms with Crippen LogP contribution in [-0.2, 0) is 48.6 Å². The van der Waals surface area contributed by atoms with Crippen molar-refractivity contribution in [2.75, 3.05) is 12.4 Å². The summed E-state index contributed by atoms with van der Waals surface area (Å²) in [5.41, 5.74) is 2.23. The van der Waals surface area contributed by atoms with Gasteiger partial charge in [0.1, 0.15) is 18.3 Å². The maximum absolute atomic E-state index is 13.4. The van der Waals surface area contributed by atoms with E-state index in [1.165, 1.54) is 0 Å². The highest BCUT2D eigenvalue weighted by atomic mass is 32.2. The number of hydrogen-bond donors (Lipinski definition) is 0. The number of sulfone groups is 1. The molecule has 0 radical (unpaired) electrons. The van der Waals surface area contributed by atoms with E-state index in [1.54, 1.807) is 6.92 Å². The Kier molecular flexibility index (Phi) is 9.66. The van der Waals surface area contributed by atoms with Gasteiger partial charge in [-0.3, -0.25) is 0 Å². The van der Waals surface area contributed by atoms with Gasteiger partial charge in [0.05, 0.1) is 32.2 Å². The highest BCUT2D eigenvalue weighted by Crippen LogP contribution is 2.30. The summed E-state index contributed by atoms with van der Waals surface area (Å²) < 4.78 is 51.6. The zero-order chi connectivity index (χ0) is 26.1. The van der Waals surface area contributed by atoms with Gasteiger partial charge < -0.3 is 18.9 Å². The molecular formula is C30H34O6S. The number of benzene rings is 3. The predicted octanol–water partition coefficient (Wildman–Crippen LogP) is 5.09. The van der Waals surface area contributed by atoms with Crippen molar-refractivity contribution in [3.8, 4) is 0 Å². The van der Waals surface area contributed by atoms with Crippen LogP contribution in [-0.4, -0.2) is 44.5 Å². The van der Waals surface area contributed by atoms with E-state index >= 15 is 0 Å². The third kappa shape index (κ3) is 7.84. The Morgan fingerprint density at radius 3 is 1.65 bits per heavy atom. The van der Waals surface area contributed by atoms with Crippen LogP contribution in [0.15, 0.2) is 103 Å². The highest BCUT2D eigenvalue weighted by Gasteiger charge is 2.48. The standard InChI is InChI=1S/C30H34O6S/c1-23(2)22-37(31,32)30-29(35-20-26-16-10-5-11-17-26)28(34-19-25-14-8-4-9-15-25)27(21-36-30)33-18-24-12-6-3-7-13-24/h3-17,27-30H,1,18-22H2,2H3/t27-,28-,29+,30?/m1/s1. The summed E-state index contributed by atoms with van der Waals surface area (Å²) >= 11 is 0. The Morgan fingerprint density at radius 1 is 0.757 bits per heavy atom. The van der Waals surface area contributed by atoms with E-state index in [1.807, 2.05) is 91.0 Å². The Labute approximate surface area is 219 Å². The van der Waals surface area contributed by atoms with Gasteiger partial charge in [-0.05, 0) is 23.6 Å². The molecule has 0 aromatic heterocycles. The average molecular weight is 523 g/mol. The first kappa shape index (κ1) is 27.2. The van der Waals surface area contributed by atoms with Crippen LogP contribution < -0.4 is 0 Å². The van der Waals surface area contributed by atoms with E-state index in [2.05, 4.69) is 6.58 Å². The fraction of sp³-hybridized carbons (Fsp3) is 0.333. The van der Waals surface area contributed by atoms with Crippen molar-refractivity contribution in [1.82, 2.24) is 0 Å². The molecule has 0 N–H and O–H groups in total. The summed E-state index contributed by atoms with van der Waals surface area (Å²) in [6, 6.07) is 29.2. The van der Waals surface area contributed by atoms with Gasteiger partial charge in [0.2, 0.25) is 0 Å². The van der Waals surface area contributed by atoms with Gasteiger partial charge in [0, 0.05) is 0 Å². The third-order valence-electron chi connectivity index (χ3n) is 6.06. The quantitative estimate of drug-likeness (QED) is 0.309. The predicted molar refractivity (Wildman–Crippen MR) is 143 cm³/mol. The second kappa shape index (κ2) is 13.1. The zero-order valence-corrected chi connectivity index (χ0v) is 21.9. The van der Waals surface area contributed by atoms with Crippen LogP contribution in [0, 0.1) is 0 Å². The first-order valence-corrected chi connectivity index (χ1v) is 14.1. The van der Waals surface area contributed by atoms with Crippen LogP contribution in [0.3, 0.4) is 0 Å². The summed E-state index contributed by atoms with van der Waals surface area (Å²) in [7, 11) is -3.72. The molecule has 1 unspecified atom stereocenters. The van der Waals surface area contributed by atoms with Crippen LogP contribution in [0.1, 0.15) is 23.6 Å². The van der Waals surface area contributed by atoms with Gasteiger partial charge >= 0.3 is 0 Å². The molecule has 1 fully saturated rings. The maximum Gasteiger partial charge on any atom is 0.187 e. The summed E-state index contributed by atoms with van der Waals surface area (Å²) in [6.07, 6.45) is -2.10. The molecule has 1 heterocycles. The molecular weight excluding hydrogens is 488 g/mol. The number of hydrogen-bond acceptors (Lipinski definition) is 6. The first-order valence-electron chi connectivity index (χ1n) is 12.4. The Morgan fingerprint density at radius 2 is 1.19 bits per heavy atom. The fourth-order valence-electron chi connectivity index (χ4n) is 4.31. The zero-order valence-electron chi connectivity index (χ0n) is 21.1. The molecule has 3 aromatic carbocycles. The molecule has 4 atom stereocenters. The largest absolute Gasteiger partial charge is 0.368 e. The van der Waals surface area contributed by atoms with Crippen LogP contribution in [0.25, 0.3) is 0 Å². The molecule has 0 amide bonds. The number of ether oxygens (including phenoxy) is 4. The summed E-state index contributed by atoms with van der Waals surface area (Å²) in [6.45, 7) is 6.39. The van der Waals surface area contributed by atoms with Crippen molar-refractivity contribution in [3.63, 3.8) is 0 Å². The van der Waals surface area contributed by atoms with Gasteiger partial charge in [0.25, 0.3) is 0 Å². The average Bonchev–Trinajstić information content (AvgIpc) is 2.90. The monoisotopic (exact) mass is 522 g/mol. The maximum atomic E-state index is 13.4. The lowest BCUT2D eigenvalue weighted by atomic mass is 10.0. The molecule has 0 bridgehead atoms. The molecule has 1 aliphatic rings. The van der Waals surface area contributed by atoms with Crippen LogP contribution in [0.4, 0.5) is 0 Å². The highest BCUT2D eigenvalue weighted by molar-refractivity contribution is 7.92. The lowest BCUT2D eigenvalue weighted by molar-refractivity contribution is -0.221. The molecule has 4 rings (SSSR count). The second-order valence-corrected chi connectivity index (χ2v) is 11.4. The minimum atomic E-state index is -3.72. The molecule has 0 spiro atoms. The van der Waals surface area contributed by atoms with Crippen molar-refractivity contribution < 1.29 is 27.4 Å². The normalized spacial score (nSPS) is 22.0. The molecule has 1 saturated heterocycles. The van der Waals surface area contributed by atoms with Gasteiger partial charge in [-0.15, -0.1) is 0 Å².